The SMILES string of the molecule is O=C(NCc1ncc(F)cc1Cl)c1csc(CCNCc2nc3ccccc3[nH]2)n1. The topological polar surface area (TPSA) is 95.6 Å². The first-order valence-corrected chi connectivity index (χ1v) is 10.5. The number of thiazole rings is 1. The summed E-state index contributed by atoms with van der Waals surface area (Å²) in [7, 11) is 0. The van der Waals surface area contributed by atoms with Crippen molar-refractivity contribution >= 4 is 39.9 Å². The van der Waals surface area contributed by atoms with E-state index in [1.54, 1.807) is 5.38 Å². The summed E-state index contributed by atoms with van der Waals surface area (Å²) in [4.78, 5) is 28.3. The highest BCUT2D eigenvalue weighted by Crippen LogP contribution is 2.15. The van der Waals surface area contributed by atoms with Gasteiger partial charge in [0.05, 0.1) is 46.0 Å². The molecular formula is C20H18ClFN6OS. The number of hydrogen-bond donors (Lipinski definition) is 3. The van der Waals surface area contributed by atoms with Gasteiger partial charge < -0.3 is 15.6 Å². The van der Waals surface area contributed by atoms with Gasteiger partial charge in [-0.3, -0.25) is 9.78 Å². The first-order chi connectivity index (χ1) is 14.6. The molecule has 1 amide bonds. The van der Waals surface area contributed by atoms with Crippen LogP contribution in [0.1, 0.15) is 27.0 Å². The summed E-state index contributed by atoms with van der Waals surface area (Å²) >= 11 is 7.35. The number of amides is 1. The van der Waals surface area contributed by atoms with Crippen LogP contribution < -0.4 is 10.6 Å². The average Bonchev–Trinajstić information content (AvgIpc) is 3.37. The molecule has 10 heteroatoms. The highest BCUT2D eigenvalue weighted by Gasteiger charge is 2.12. The van der Waals surface area contributed by atoms with Crippen molar-refractivity contribution in [3.8, 4) is 0 Å². The fourth-order valence-corrected chi connectivity index (χ4v) is 3.85. The zero-order valence-electron chi connectivity index (χ0n) is 15.8. The summed E-state index contributed by atoms with van der Waals surface area (Å²) in [6, 6.07) is 9.06. The van der Waals surface area contributed by atoms with E-state index in [9.17, 15) is 9.18 Å². The maximum absolute atomic E-state index is 13.0. The standard InChI is InChI=1S/C20H18ClFN6OS/c21-13-7-12(22)8-24-16(13)9-25-20(29)17-11-30-19(28-17)5-6-23-10-18-26-14-3-1-2-4-15(14)27-18/h1-4,7-8,11,23H,5-6,9-10H2,(H,25,29)(H,26,27). The van der Waals surface area contributed by atoms with E-state index in [2.05, 4.69) is 30.6 Å². The Morgan fingerprint density at radius 1 is 1.23 bits per heavy atom. The van der Waals surface area contributed by atoms with E-state index in [1.165, 1.54) is 11.3 Å². The molecule has 0 radical (unpaired) electrons. The van der Waals surface area contributed by atoms with Gasteiger partial charge in [-0.05, 0) is 18.2 Å². The summed E-state index contributed by atoms with van der Waals surface area (Å²) in [5, 5.41) is 8.76. The lowest BCUT2D eigenvalue weighted by atomic mass is 10.3. The Labute approximate surface area is 180 Å². The highest BCUT2D eigenvalue weighted by molar-refractivity contribution is 7.09. The van der Waals surface area contributed by atoms with Crippen molar-refractivity contribution < 1.29 is 9.18 Å². The minimum atomic E-state index is -0.520. The van der Waals surface area contributed by atoms with Crippen molar-refractivity contribution in [3.63, 3.8) is 0 Å². The third-order valence-electron chi connectivity index (χ3n) is 4.33. The Bertz CT molecular complexity index is 1140. The summed E-state index contributed by atoms with van der Waals surface area (Å²) in [5.74, 6) is 0.0338. The Kier molecular flexibility index (Phi) is 6.32. The first kappa shape index (κ1) is 20.4. The van der Waals surface area contributed by atoms with Crippen LogP contribution in [0, 0.1) is 5.82 Å². The lowest BCUT2D eigenvalue weighted by Crippen LogP contribution is -2.24. The second kappa shape index (κ2) is 9.29. The Hall–Kier alpha value is -2.88. The minimum Gasteiger partial charge on any atom is -0.345 e. The van der Waals surface area contributed by atoms with Crippen molar-refractivity contribution in [3.05, 3.63) is 75.0 Å². The van der Waals surface area contributed by atoms with Crippen LogP contribution in [-0.2, 0) is 19.5 Å². The lowest BCUT2D eigenvalue weighted by Gasteiger charge is -2.04. The monoisotopic (exact) mass is 444 g/mol. The number of aromatic nitrogens is 4. The molecule has 0 bridgehead atoms. The number of pyridine rings is 1. The molecule has 7 nitrogen and oxygen atoms in total. The molecule has 0 unspecified atom stereocenters. The number of halogens is 2. The van der Waals surface area contributed by atoms with Gasteiger partial charge in [-0.15, -0.1) is 11.3 Å². The van der Waals surface area contributed by atoms with Crippen LogP contribution in [0.4, 0.5) is 4.39 Å². The third-order valence-corrected chi connectivity index (χ3v) is 5.57. The summed E-state index contributed by atoms with van der Waals surface area (Å²) < 4.78 is 13.0. The van der Waals surface area contributed by atoms with Gasteiger partial charge in [0.2, 0.25) is 0 Å². The molecule has 4 aromatic rings. The second-order valence-corrected chi connectivity index (χ2v) is 7.87. The van der Waals surface area contributed by atoms with Crippen LogP contribution >= 0.6 is 22.9 Å². The number of nitrogens with one attached hydrogen (secondary N) is 3. The Morgan fingerprint density at radius 2 is 2.10 bits per heavy atom. The molecule has 0 saturated heterocycles. The van der Waals surface area contributed by atoms with E-state index in [0.717, 1.165) is 34.1 Å². The van der Waals surface area contributed by atoms with Gasteiger partial charge in [-0.1, -0.05) is 23.7 Å². The maximum atomic E-state index is 13.0. The third kappa shape index (κ3) is 4.99. The molecule has 3 aromatic heterocycles. The summed E-state index contributed by atoms with van der Waals surface area (Å²) in [5.41, 5.74) is 2.70. The molecule has 0 fully saturated rings. The van der Waals surface area contributed by atoms with Gasteiger partial charge >= 0.3 is 0 Å². The van der Waals surface area contributed by atoms with Crippen LogP contribution in [0.15, 0.2) is 41.9 Å². The molecule has 154 valence electrons. The van der Waals surface area contributed by atoms with Gasteiger partial charge in [-0.25, -0.2) is 14.4 Å². The number of carbonyl (C=O) groups excluding carboxylic acids is 1. The molecule has 4 rings (SSSR count). The molecule has 1 aromatic carbocycles. The van der Waals surface area contributed by atoms with Crippen LogP contribution in [0.2, 0.25) is 5.02 Å². The van der Waals surface area contributed by atoms with Gasteiger partial charge in [0.15, 0.2) is 0 Å². The number of fused-ring (bicyclic) bond motifs is 1. The fraction of sp³-hybridized carbons (Fsp3) is 0.200. The lowest BCUT2D eigenvalue weighted by molar-refractivity contribution is 0.0946. The zero-order valence-corrected chi connectivity index (χ0v) is 17.4. The number of nitrogens with zero attached hydrogens (tertiary/aromatic N) is 3. The quantitative estimate of drug-likeness (QED) is 0.362. The molecule has 0 spiro atoms. The summed E-state index contributed by atoms with van der Waals surface area (Å²) in [6.45, 7) is 1.43. The van der Waals surface area contributed by atoms with Crippen molar-refractivity contribution in [1.29, 1.82) is 0 Å². The van der Waals surface area contributed by atoms with E-state index in [0.29, 0.717) is 30.9 Å². The Morgan fingerprint density at radius 3 is 2.93 bits per heavy atom. The molecule has 0 aliphatic carbocycles. The number of aromatic amines is 1. The number of carbonyl (C=O) groups is 1. The normalized spacial score (nSPS) is 11.1. The molecule has 30 heavy (non-hydrogen) atoms. The smallest absolute Gasteiger partial charge is 0.271 e. The molecule has 0 saturated carbocycles. The van der Waals surface area contributed by atoms with Gasteiger partial charge in [-0.2, -0.15) is 0 Å². The van der Waals surface area contributed by atoms with E-state index in [-0.39, 0.29) is 17.5 Å². The minimum absolute atomic E-state index is 0.101. The Balaban J connectivity index is 1.23. The van der Waals surface area contributed by atoms with Crippen LogP contribution in [0.5, 0.6) is 0 Å². The van der Waals surface area contributed by atoms with Gasteiger partial charge in [0.1, 0.15) is 17.3 Å². The molecule has 0 aliphatic rings. The zero-order chi connectivity index (χ0) is 20.9. The van der Waals surface area contributed by atoms with Crippen LogP contribution in [0.3, 0.4) is 0 Å². The van der Waals surface area contributed by atoms with Crippen molar-refractivity contribution in [2.75, 3.05) is 6.54 Å². The predicted octanol–water partition coefficient (Wildman–Crippen LogP) is 3.47. The largest absolute Gasteiger partial charge is 0.345 e. The molecular weight excluding hydrogens is 427 g/mol. The van der Waals surface area contributed by atoms with Crippen molar-refractivity contribution in [2.45, 2.75) is 19.5 Å². The fourth-order valence-electron chi connectivity index (χ4n) is 2.85. The second-order valence-electron chi connectivity index (χ2n) is 6.52. The van der Waals surface area contributed by atoms with E-state index in [1.807, 2.05) is 24.3 Å². The van der Waals surface area contributed by atoms with Crippen molar-refractivity contribution in [1.82, 2.24) is 30.6 Å². The number of H-pyrrole nitrogens is 1. The van der Waals surface area contributed by atoms with E-state index >= 15 is 0 Å². The number of hydrogen-bond acceptors (Lipinski definition) is 6. The number of rotatable bonds is 8. The molecule has 3 heterocycles. The van der Waals surface area contributed by atoms with Gasteiger partial charge in [0, 0.05) is 18.3 Å². The summed E-state index contributed by atoms with van der Waals surface area (Å²) in [6.07, 6.45) is 1.76. The molecule has 0 aliphatic heterocycles. The molecule has 0 atom stereocenters. The number of benzene rings is 1. The maximum Gasteiger partial charge on any atom is 0.271 e. The number of para-hydroxylation sites is 2. The first-order valence-electron chi connectivity index (χ1n) is 9.25. The predicted molar refractivity (Wildman–Crippen MR) is 114 cm³/mol. The highest BCUT2D eigenvalue weighted by atomic mass is 35.5. The van der Waals surface area contributed by atoms with E-state index in [4.69, 9.17) is 11.6 Å². The molecule has 3 N–H and O–H groups in total. The van der Waals surface area contributed by atoms with Crippen LogP contribution in [0.25, 0.3) is 11.0 Å². The van der Waals surface area contributed by atoms with E-state index < -0.39 is 5.82 Å². The van der Waals surface area contributed by atoms with Crippen LogP contribution in [-0.4, -0.2) is 32.4 Å². The van der Waals surface area contributed by atoms with Gasteiger partial charge in [0.25, 0.3) is 5.91 Å². The van der Waals surface area contributed by atoms with Crippen molar-refractivity contribution in [2.24, 2.45) is 0 Å². The number of imidazole rings is 1. The average molecular weight is 445 g/mol.